The molecular weight excluding hydrogens is 516 g/mol. The maximum atomic E-state index is 11.4. The maximum Gasteiger partial charge on any atom is 0.204 e. The molecule has 0 radical (unpaired) electrons. The summed E-state index contributed by atoms with van der Waals surface area (Å²) in [5.74, 6) is 2.47. The van der Waals surface area contributed by atoms with E-state index < -0.39 is 9.84 Å². The second-order valence-corrected chi connectivity index (χ2v) is 11.8. The lowest BCUT2D eigenvalue weighted by atomic mass is 10.1. The fourth-order valence-corrected chi connectivity index (χ4v) is 4.76. The Hall–Kier alpha value is -3.67. The standard InChI is InChI=1S/C28H36N6O4S/c1-33(16-17-39(3,35)36)15-7-14-30-34-19-25-24(18-26(34)37-2)27(29)32-28(31-25)22-10-12-23(13-11-22)38-20-21-8-5-4-6-9-21/h4-6,8-13,18,30H,7,14-17,19-20H2,1-3H3,(H2,29,31,32). The molecule has 39 heavy (non-hydrogen) atoms. The van der Waals surface area contributed by atoms with Crippen LogP contribution in [0.5, 0.6) is 5.75 Å². The van der Waals surface area contributed by atoms with Gasteiger partial charge in [0.15, 0.2) is 5.82 Å². The minimum atomic E-state index is -2.97. The first-order valence-corrected chi connectivity index (χ1v) is 14.8. The summed E-state index contributed by atoms with van der Waals surface area (Å²) in [4.78, 5) is 11.4. The second kappa shape index (κ2) is 12.9. The Morgan fingerprint density at radius 3 is 2.51 bits per heavy atom. The van der Waals surface area contributed by atoms with E-state index in [-0.39, 0.29) is 5.75 Å². The third kappa shape index (κ3) is 8.16. The van der Waals surface area contributed by atoms with Crippen LogP contribution in [0.1, 0.15) is 23.2 Å². The van der Waals surface area contributed by atoms with Crippen molar-refractivity contribution >= 4 is 21.7 Å². The molecular formula is C28H36N6O4S. The summed E-state index contributed by atoms with van der Waals surface area (Å²) in [6.45, 7) is 2.91. The zero-order valence-corrected chi connectivity index (χ0v) is 23.4. The first-order chi connectivity index (χ1) is 18.7. The van der Waals surface area contributed by atoms with Crippen LogP contribution in [0.15, 0.2) is 60.5 Å². The lowest BCUT2D eigenvalue weighted by Crippen LogP contribution is -2.41. The van der Waals surface area contributed by atoms with Gasteiger partial charge in [0.2, 0.25) is 5.88 Å². The largest absolute Gasteiger partial charge is 0.489 e. The average Bonchev–Trinajstić information content (AvgIpc) is 2.93. The lowest BCUT2D eigenvalue weighted by molar-refractivity contribution is 0.101. The van der Waals surface area contributed by atoms with Crippen molar-refractivity contribution in [2.24, 2.45) is 0 Å². The predicted molar refractivity (Wildman–Crippen MR) is 153 cm³/mol. The molecule has 0 fully saturated rings. The van der Waals surface area contributed by atoms with Crippen LogP contribution in [0.3, 0.4) is 0 Å². The summed E-state index contributed by atoms with van der Waals surface area (Å²) in [5.41, 5.74) is 13.2. The molecule has 0 spiro atoms. The number of methoxy groups -OCH3 is 1. The van der Waals surface area contributed by atoms with Gasteiger partial charge in [0.1, 0.15) is 28.0 Å². The number of benzene rings is 2. The minimum Gasteiger partial charge on any atom is -0.489 e. The first kappa shape index (κ1) is 28.3. The van der Waals surface area contributed by atoms with E-state index >= 15 is 0 Å². The number of nitrogen functional groups attached to an aromatic ring is 1. The molecule has 10 nitrogen and oxygen atoms in total. The number of fused-ring (bicyclic) bond motifs is 1. The van der Waals surface area contributed by atoms with E-state index in [4.69, 9.17) is 20.2 Å². The summed E-state index contributed by atoms with van der Waals surface area (Å²) in [6.07, 6.45) is 3.92. The van der Waals surface area contributed by atoms with Gasteiger partial charge in [0, 0.05) is 36.5 Å². The van der Waals surface area contributed by atoms with Crippen LogP contribution in [0.2, 0.25) is 0 Å². The van der Waals surface area contributed by atoms with Crippen molar-refractivity contribution in [3.63, 3.8) is 0 Å². The number of hydrogen-bond acceptors (Lipinski definition) is 10. The number of aromatic nitrogens is 2. The van der Waals surface area contributed by atoms with Crippen LogP contribution in [-0.4, -0.2) is 74.1 Å². The summed E-state index contributed by atoms with van der Waals surface area (Å²) in [5, 5.41) is 1.90. The van der Waals surface area contributed by atoms with Gasteiger partial charge in [-0.1, -0.05) is 30.3 Å². The number of hydrazine groups is 1. The Bertz CT molecular complexity index is 1380. The fourth-order valence-electron chi connectivity index (χ4n) is 4.11. The van der Waals surface area contributed by atoms with Gasteiger partial charge >= 0.3 is 0 Å². The highest BCUT2D eigenvalue weighted by molar-refractivity contribution is 7.90. The number of anilines is 1. The van der Waals surface area contributed by atoms with Crippen molar-refractivity contribution in [1.29, 1.82) is 0 Å². The number of rotatable bonds is 13. The molecule has 3 N–H and O–H groups in total. The highest BCUT2D eigenvalue weighted by Gasteiger charge is 2.23. The third-order valence-electron chi connectivity index (χ3n) is 6.33. The Morgan fingerprint density at radius 2 is 1.82 bits per heavy atom. The number of hydrogen-bond donors (Lipinski definition) is 2. The van der Waals surface area contributed by atoms with Crippen LogP contribution in [0.4, 0.5) is 5.82 Å². The number of sulfone groups is 1. The summed E-state index contributed by atoms with van der Waals surface area (Å²) < 4.78 is 34.2. The van der Waals surface area contributed by atoms with Crippen molar-refractivity contribution in [2.45, 2.75) is 19.6 Å². The van der Waals surface area contributed by atoms with E-state index in [0.717, 1.165) is 41.1 Å². The molecule has 1 aliphatic heterocycles. The number of nitrogens with zero attached hydrogens (tertiary/aromatic N) is 4. The van der Waals surface area contributed by atoms with Crippen molar-refractivity contribution in [3.8, 4) is 17.1 Å². The quantitative estimate of drug-likeness (QED) is 0.306. The normalized spacial score (nSPS) is 13.2. The molecule has 1 aromatic heterocycles. The highest BCUT2D eigenvalue weighted by atomic mass is 32.2. The predicted octanol–water partition coefficient (Wildman–Crippen LogP) is 2.94. The van der Waals surface area contributed by atoms with Crippen molar-refractivity contribution in [1.82, 2.24) is 25.3 Å². The van der Waals surface area contributed by atoms with E-state index in [9.17, 15) is 8.42 Å². The van der Waals surface area contributed by atoms with E-state index in [1.54, 1.807) is 7.11 Å². The van der Waals surface area contributed by atoms with Crippen molar-refractivity contribution < 1.29 is 17.9 Å². The van der Waals surface area contributed by atoms with Crippen LogP contribution in [0.25, 0.3) is 17.5 Å². The number of nitrogens with one attached hydrogen (secondary N) is 1. The second-order valence-electron chi connectivity index (χ2n) is 9.56. The zero-order valence-electron chi connectivity index (χ0n) is 22.6. The van der Waals surface area contributed by atoms with E-state index in [2.05, 4.69) is 10.4 Å². The van der Waals surface area contributed by atoms with Crippen LogP contribution >= 0.6 is 0 Å². The molecule has 2 aromatic carbocycles. The van der Waals surface area contributed by atoms with Crippen LogP contribution in [-0.2, 0) is 27.7 Å². The number of ether oxygens (including phenoxy) is 2. The van der Waals surface area contributed by atoms with Gasteiger partial charge in [-0.2, -0.15) is 0 Å². The fraction of sp³-hybridized carbons (Fsp3) is 0.357. The SMILES string of the molecule is COC1=Cc2c(N)nc(-c3ccc(OCc4ccccc4)cc3)nc2CN1NCCCN(C)CCS(C)(=O)=O. The topological polar surface area (TPSA) is 123 Å². The lowest BCUT2D eigenvalue weighted by Gasteiger charge is -2.31. The summed E-state index contributed by atoms with van der Waals surface area (Å²) >= 11 is 0. The molecule has 0 aliphatic carbocycles. The van der Waals surface area contributed by atoms with Gasteiger partial charge in [0.05, 0.1) is 25.1 Å². The molecule has 208 valence electrons. The number of nitrogens with two attached hydrogens (primary N) is 1. The molecule has 1 aliphatic rings. The van der Waals surface area contributed by atoms with Gasteiger partial charge in [-0.05, 0) is 49.8 Å². The highest BCUT2D eigenvalue weighted by Crippen LogP contribution is 2.29. The molecule has 0 atom stereocenters. The molecule has 0 saturated heterocycles. The Labute approximate surface area is 230 Å². The van der Waals surface area contributed by atoms with E-state index in [1.807, 2.05) is 77.6 Å². The molecule has 3 aromatic rings. The molecule has 0 saturated carbocycles. The monoisotopic (exact) mass is 552 g/mol. The maximum absolute atomic E-state index is 11.4. The Balaban J connectivity index is 1.37. The Kier molecular flexibility index (Phi) is 9.39. The molecule has 0 unspecified atom stereocenters. The molecule has 2 heterocycles. The average molecular weight is 553 g/mol. The van der Waals surface area contributed by atoms with Crippen LogP contribution in [0, 0.1) is 0 Å². The third-order valence-corrected chi connectivity index (χ3v) is 7.25. The molecule has 0 amide bonds. The molecule has 0 bridgehead atoms. The van der Waals surface area contributed by atoms with E-state index in [1.165, 1.54) is 6.26 Å². The van der Waals surface area contributed by atoms with Gasteiger partial charge in [-0.15, -0.1) is 0 Å². The molecule has 11 heteroatoms. The summed E-state index contributed by atoms with van der Waals surface area (Å²) in [6, 6.07) is 17.7. The van der Waals surface area contributed by atoms with Gasteiger partial charge in [0.25, 0.3) is 0 Å². The van der Waals surface area contributed by atoms with Gasteiger partial charge in [-0.25, -0.2) is 23.8 Å². The van der Waals surface area contributed by atoms with Crippen molar-refractivity contribution in [3.05, 3.63) is 77.3 Å². The first-order valence-electron chi connectivity index (χ1n) is 12.8. The Morgan fingerprint density at radius 1 is 1.08 bits per heavy atom. The van der Waals surface area contributed by atoms with Crippen molar-refractivity contribution in [2.75, 3.05) is 51.5 Å². The summed E-state index contributed by atoms with van der Waals surface area (Å²) in [7, 11) is 0.564. The van der Waals surface area contributed by atoms with Gasteiger partial charge < -0.3 is 20.1 Å². The van der Waals surface area contributed by atoms with Gasteiger partial charge in [-0.3, -0.25) is 5.01 Å². The molecule has 4 rings (SSSR count). The zero-order chi connectivity index (χ0) is 27.8. The smallest absolute Gasteiger partial charge is 0.204 e. The minimum absolute atomic E-state index is 0.156. The van der Waals surface area contributed by atoms with Crippen LogP contribution < -0.4 is 15.9 Å². The van der Waals surface area contributed by atoms with E-state index in [0.29, 0.717) is 43.8 Å².